The third-order valence-electron chi connectivity index (χ3n) is 7.03. The zero-order chi connectivity index (χ0) is 26.0. The lowest BCUT2D eigenvalue weighted by molar-refractivity contribution is 0.590. The lowest BCUT2D eigenvalue weighted by Crippen LogP contribution is -2.38. The highest BCUT2D eigenvalue weighted by atomic mass is 31.2. The monoisotopic (exact) mass is 528 g/mol. The Labute approximate surface area is 223 Å². The third kappa shape index (κ3) is 3.98. The van der Waals surface area contributed by atoms with Crippen molar-refractivity contribution in [3.8, 4) is 0 Å². The molecule has 4 heteroatoms. The quantitative estimate of drug-likeness (QED) is 0.244. The highest BCUT2D eigenvalue weighted by molar-refractivity contribution is 7.91. The first-order valence-electron chi connectivity index (χ1n) is 12.6. The van der Waals surface area contributed by atoms with Gasteiger partial charge in [0.1, 0.15) is 0 Å². The van der Waals surface area contributed by atoms with Gasteiger partial charge >= 0.3 is 0 Å². The molecule has 0 N–H and O–H groups in total. The van der Waals surface area contributed by atoms with Crippen LogP contribution in [0.25, 0.3) is 10.8 Å². The van der Waals surface area contributed by atoms with Crippen molar-refractivity contribution < 1.29 is 9.13 Å². The van der Waals surface area contributed by atoms with Crippen LogP contribution in [0.15, 0.2) is 158 Å². The highest BCUT2D eigenvalue weighted by Gasteiger charge is 2.39. The molecule has 0 amide bonds. The molecule has 2 nitrogen and oxygen atoms in total. The summed E-state index contributed by atoms with van der Waals surface area (Å²) in [5, 5.41) is 6.08. The minimum atomic E-state index is -3.47. The lowest BCUT2D eigenvalue weighted by Gasteiger charge is -2.28. The van der Waals surface area contributed by atoms with Gasteiger partial charge in [-0.2, -0.15) is 0 Å². The van der Waals surface area contributed by atoms with Gasteiger partial charge in [-0.05, 0) is 10.8 Å². The van der Waals surface area contributed by atoms with E-state index in [-0.39, 0.29) is 0 Å². The van der Waals surface area contributed by atoms with Gasteiger partial charge in [-0.3, -0.25) is 0 Å². The molecule has 0 radical (unpaired) electrons. The van der Waals surface area contributed by atoms with Gasteiger partial charge in [0.2, 0.25) is 0 Å². The van der Waals surface area contributed by atoms with Crippen LogP contribution >= 0.6 is 14.3 Å². The molecule has 184 valence electrons. The number of hydrogen-bond acceptors (Lipinski definition) is 2. The molecule has 0 aliphatic heterocycles. The van der Waals surface area contributed by atoms with E-state index in [1.165, 1.54) is 0 Å². The maximum absolute atomic E-state index is 15.8. The highest BCUT2D eigenvalue weighted by Crippen LogP contribution is 2.49. The SMILES string of the molecule is O=P(c1ccccc1)(c1ccccc1)c1ccccc1P(=O)(c1ccccc1)c1cccc2ccccc12. The average molecular weight is 529 g/mol. The first kappa shape index (κ1) is 24.4. The molecular formula is C34H26O2P2. The third-order valence-corrected chi connectivity index (χ3v) is 13.5. The zero-order valence-corrected chi connectivity index (χ0v) is 22.5. The van der Waals surface area contributed by atoms with E-state index in [1.807, 2.05) is 158 Å². The van der Waals surface area contributed by atoms with E-state index >= 15 is 9.13 Å². The lowest BCUT2D eigenvalue weighted by atomic mass is 10.1. The second-order valence-electron chi connectivity index (χ2n) is 9.21. The number of benzene rings is 6. The van der Waals surface area contributed by atoms with Crippen molar-refractivity contribution in [2.75, 3.05) is 0 Å². The van der Waals surface area contributed by atoms with Crippen LogP contribution in [0, 0.1) is 0 Å². The number of hydrogen-bond donors (Lipinski definition) is 0. The summed E-state index contributed by atoms with van der Waals surface area (Å²) in [5.41, 5.74) is 0. The van der Waals surface area contributed by atoms with Gasteiger partial charge in [0.25, 0.3) is 0 Å². The van der Waals surface area contributed by atoms with Crippen molar-refractivity contribution >= 4 is 56.9 Å². The van der Waals surface area contributed by atoms with E-state index in [4.69, 9.17) is 0 Å². The van der Waals surface area contributed by atoms with Crippen LogP contribution < -0.4 is 31.8 Å². The minimum absolute atomic E-state index is 0.609. The Balaban J connectivity index is 1.74. The molecule has 6 aromatic carbocycles. The molecule has 6 rings (SSSR count). The molecule has 0 aromatic heterocycles. The van der Waals surface area contributed by atoms with Crippen molar-refractivity contribution in [3.63, 3.8) is 0 Å². The zero-order valence-electron chi connectivity index (χ0n) is 20.7. The topological polar surface area (TPSA) is 34.1 Å². The molecule has 0 heterocycles. The predicted octanol–water partition coefficient (Wildman–Crippen LogP) is 6.12. The van der Waals surface area contributed by atoms with Crippen molar-refractivity contribution in [2.24, 2.45) is 0 Å². The largest absolute Gasteiger partial charge is 0.309 e. The Morgan fingerprint density at radius 2 is 0.684 bits per heavy atom. The van der Waals surface area contributed by atoms with E-state index in [0.29, 0.717) is 10.6 Å². The van der Waals surface area contributed by atoms with Gasteiger partial charge in [-0.15, -0.1) is 0 Å². The Morgan fingerprint density at radius 3 is 1.24 bits per heavy atom. The van der Waals surface area contributed by atoms with Gasteiger partial charge in [0.15, 0.2) is 14.3 Å². The standard InChI is InChI=1S/C34H26O2P2/c35-37(28-17-4-1-5-18-28,29-19-6-2-7-20-29)33-24-12-13-25-34(33)38(36,30-21-8-3-9-22-30)32-26-14-16-27-15-10-11-23-31(27)32/h1-26H. The molecule has 0 fully saturated rings. The van der Waals surface area contributed by atoms with Crippen LogP contribution in [0.2, 0.25) is 0 Å². The Morgan fingerprint density at radius 1 is 0.316 bits per heavy atom. The first-order valence-corrected chi connectivity index (χ1v) is 16.0. The van der Waals surface area contributed by atoms with Crippen LogP contribution in [0.1, 0.15) is 0 Å². The molecule has 0 aliphatic rings. The molecule has 38 heavy (non-hydrogen) atoms. The van der Waals surface area contributed by atoms with Gasteiger partial charge in [-0.25, -0.2) is 0 Å². The Bertz CT molecular complexity index is 1770. The van der Waals surface area contributed by atoms with Gasteiger partial charge < -0.3 is 9.13 Å². The fraction of sp³-hybridized carbons (Fsp3) is 0. The van der Waals surface area contributed by atoms with E-state index < -0.39 is 14.3 Å². The minimum Gasteiger partial charge on any atom is -0.309 e. The summed E-state index contributed by atoms with van der Waals surface area (Å²) in [7, 11) is -6.85. The molecule has 1 atom stereocenters. The molecule has 0 bridgehead atoms. The number of rotatable bonds is 6. The summed E-state index contributed by atoms with van der Waals surface area (Å²) in [4.78, 5) is 0. The Kier molecular flexibility index (Phi) is 6.46. The average Bonchev–Trinajstić information content (AvgIpc) is 3.01. The summed E-state index contributed by atoms with van der Waals surface area (Å²) >= 11 is 0. The maximum Gasteiger partial charge on any atom is 0.172 e. The molecule has 0 spiro atoms. The fourth-order valence-corrected chi connectivity index (χ4v) is 11.7. The second-order valence-corrected chi connectivity index (χ2v) is 14.6. The van der Waals surface area contributed by atoms with E-state index in [2.05, 4.69) is 0 Å². The van der Waals surface area contributed by atoms with E-state index in [1.54, 1.807) is 0 Å². The normalized spacial score (nSPS) is 13.2. The molecule has 6 aromatic rings. The fourth-order valence-electron chi connectivity index (χ4n) is 5.23. The van der Waals surface area contributed by atoms with Crippen LogP contribution in [0.3, 0.4) is 0 Å². The molecular weight excluding hydrogens is 502 g/mol. The summed E-state index contributed by atoms with van der Waals surface area (Å²) in [6.07, 6.45) is 0. The maximum atomic E-state index is 15.8. The summed E-state index contributed by atoms with van der Waals surface area (Å²) in [6, 6.07) is 50.4. The van der Waals surface area contributed by atoms with Crippen molar-refractivity contribution in [1.29, 1.82) is 0 Å². The van der Waals surface area contributed by atoms with E-state index in [0.717, 1.165) is 32.0 Å². The van der Waals surface area contributed by atoms with Gasteiger partial charge in [0, 0.05) is 31.8 Å². The van der Waals surface area contributed by atoms with Crippen LogP contribution in [0.5, 0.6) is 0 Å². The Hall–Kier alpha value is -3.96. The molecule has 0 saturated heterocycles. The van der Waals surface area contributed by atoms with Crippen LogP contribution in [-0.2, 0) is 9.13 Å². The summed E-state index contributed by atoms with van der Waals surface area (Å²) < 4.78 is 31.3. The van der Waals surface area contributed by atoms with Gasteiger partial charge in [0.05, 0.1) is 0 Å². The summed E-state index contributed by atoms with van der Waals surface area (Å²) in [6.45, 7) is 0. The van der Waals surface area contributed by atoms with Crippen LogP contribution in [-0.4, -0.2) is 0 Å². The van der Waals surface area contributed by atoms with Crippen LogP contribution in [0.4, 0.5) is 0 Å². The smallest absolute Gasteiger partial charge is 0.172 e. The van der Waals surface area contributed by atoms with Gasteiger partial charge in [-0.1, -0.05) is 158 Å². The summed E-state index contributed by atoms with van der Waals surface area (Å²) in [5.74, 6) is 0. The molecule has 1 unspecified atom stereocenters. The molecule has 0 saturated carbocycles. The first-order chi connectivity index (χ1) is 18.6. The van der Waals surface area contributed by atoms with Crippen molar-refractivity contribution in [1.82, 2.24) is 0 Å². The van der Waals surface area contributed by atoms with Crippen molar-refractivity contribution in [3.05, 3.63) is 158 Å². The second kappa shape index (κ2) is 10.1. The number of fused-ring (bicyclic) bond motifs is 1. The molecule has 0 aliphatic carbocycles. The van der Waals surface area contributed by atoms with E-state index in [9.17, 15) is 0 Å². The van der Waals surface area contributed by atoms with Crippen molar-refractivity contribution in [2.45, 2.75) is 0 Å². The predicted molar refractivity (Wildman–Crippen MR) is 163 cm³/mol.